The van der Waals surface area contributed by atoms with Crippen LogP contribution in [0.5, 0.6) is 0 Å². The Morgan fingerprint density at radius 1 is 1.26 bits per heavy atom. The van der Waals surface area contributed by atoms with Crippen LogP contribution in [0.25, 0.3) is 11.5 Å². The fourth-order valence-electron chi connectivity index (χ4n) is 4.57. The van der Waals surface area contributed by atoms with Crippen molar-refractivity contribution in [2.24, 2.45) is 5.41 Å². The van der Waals surface area contributed by atoms with Crippen molar-refractivity contribution < 1.29 is 22.8 Å². The molecule has 5 rings (SSSR count). The number of carbonyl (C=O) groups is 2. The molecule has 1 aliphatic heterocycles. The average molecular weight is 430 g/mol. The number of aromatic nitrogens is 2. The minimum atomic E-state index is -2.84. The maximum absolute atomic E-state index is 13.3. The van der Waals surface area contributed by atoms with Crippen molar-refractivity contribution in [2.75, 3.05) is 0 Å². The zero-order valence-corrected chi connectivity index (χ0v) is 17.2. The highest BCUT2D eigenvalue weighted by atomic mass is 19.3. The second-order valence-electron chi connectivity index (χ2n) is 9.04. The molecule has 2 aromatic rings. The van der Waals surface area contributed by atoms with Crippen molar-refractivity contribution in [3.63, 3.8) is 0 Å². The van der Waals surface area contributed by atoms with Crippen LogP contribution in [0.3, 0.4) is 0 Å². The molecule has 2 heterocycles. The number of hydrogen-bond donors (Lipinski definition) is 1. The van der Waals surface area contributed by atoms with Gasteiger partial charge in [0.15, 0.2) is 0 Å². The van der Waals surface area contributed by atoms with Gasteiger partial charge in [0.2, 0.25) is 11.8 Å². The second kappa shape index (κ2) is 7.39. The molecule has 2 fully saturated rings. The maximum Gasteiger partial charge on any atom is 0.314 e. The van der Waals surface area contributed by atoms with E-state index in [1.165, 1.54) is 0 Å². The Bertz CT molecular complexity index is 1030. The minimum Gasteiger partial charge on any atom is -0.415 e. The van der Waals surface area contributed by atoms with E-state index in [2.05, 4.69) is 15.5 Å². The Morgan fingerprint density at radius 3 is 2.74 bits per heavy atom. The van der Waals surface area contributed by atoms with Crippen LogP contribution in [0.4, 0.5) is 8.78 Å². The van der Waals surface area contributed by atoms with Gasteiger partial charge in [-0.05, 0) is 43.4 Å². The van der Waals surface area contributed by atoms with Gasteiger partial charge in [-0.25, -0.2) is 0 Å². The summed E-state index contributed by atoms with van der Waals surface area (Å²) in [5.41, 5.74) is 1.56. The Kier molecular flexibility index (Phi) is 4.79. The van der Waals surface area contributed by atoms with Crippen molar-refractivity contribution in [1.29, 1.82) is 0 Å². The number of hydrogen-bond acceptors (Lipinski definition) is 5. The van der Waals surface area contributed by atoms with Crippen LogP contribution in [0.1, 0.15) is 73.7 Å². The van der Waals surface area contributed by atoms with E-state index in [1.54, 1.807) is 18.2 Å². The normalized spacial score (nSPS) is 24.4. The van der Waals surface area contributed by atoms with Crippen LogP contribution in [0.15, 0.2) is 22.6 Å². The highest BCUT2D eigenvalue weighted by molar-refractivity contribution is 5.99. The van der Waals surface area contributed by atoms with Crippen LogP contribution in [-0.2, 0) is 11.3 Å². The average Bonchev–Trinajstić information content (AvgIpc) is 3.20. The standard InChI is InChI=1S/C22H24F2N4O3/c1-22(8-9-22)21(30)25-15-4-2-3-5-16(15)28-11-13-7-6-12(10-14(13)20(28)29)18-26-27-19(31-18)17(23)24/h6-7,10,15-17H,2-5,8-9,11H2,1H3,(H,25,30)/t15-,16-/m1/s1. The van der Waals surface area contributed by atoms with Crippen molar-refractivity contribution in [3.8, 4) is 11.5 Å². The number of fused-ring (bicyclic) bond motifs is 1. The molecular weight excluding hydrogens is 406 g/mol. The molecule has 7 nitrogen and oxygen atoms in total. The smallest absolute Gasteiger partial charge is 0.314 e. The van der Waals surface area contributed by atoms with Crippen molar-refractivity contribution in [1.82, 2.24) is 20.4 Å². The molecule has 1 aromatic carbocycles. The van der Waals surface area contributed by atoms with E-state index in [4.69, 9.17) is 4.42 Å². The summed E-state index contributed by atoms with van der Waals surface area (Å²) in [7, 11) is 0. The SMILES string of the molecule is CC1(C(=O)N[C@@H]2CCCC[C@H]2N2Cc3ccc(-c4nnc(C(F)F)o4)cc3C2=O)CC1. The summed E-state index contributed by atoms with van der Waals surface area (Å²) in [6, 6.07) is 5.02. The number of benzene rings is 1. The van der Waals surface area contributed by atoms with E-state index in [0.717, 1.165) is 44.1 Å². The first-order valence-electron chi connectivity index (χ1n) is 10.7. The quantitative estimate of drug-likeness (QED) is 0.778. The third-order valence-electron chi connectivity index (χ3n) is 6.81. The van der Waals surface area contributed by atoms with Crippen molar-refractivity contribution in [3.05, 3.63) is 35.2 Å². The Hall–Kier alpha value is -2.84. The van der Waals surface area contributed by atoms with E-state index < -0.39 is 12.3 Å². The van der Waals surface area contributed by atoms with Crippen molar-refractivity contribution >= 4 is 11.8 Å². The first kappa shape index (κ1) is 20.1. The van der Waals surface area contributed by atoms with Gasteiger partial charge in [-0.15, -0.1) is 10.2 Å². The molecule has 0 saturated heterocycles. The van der Waals surface area contributed by atoms with Gasteiger partial charge in [-0.2, -0.15) is 8.78 Å². The van der Waals surface area contributed by atoms with E-state index in [9.17, 15) is 18.4 Å². The molecule has 0 bridgehead atoms. The van der Waals surface area contributed by atoms with Gasteiger partial charge in [0.1, 0.15) is 0 Å². The van der Waals surface area contributed by atoms with Gasteiger partial charge >= 0.3 is 6.43 Å². The molecule has 1 N–H and O–H groups in total. The predicted octanol–water partition coefficient (Wildman–Crippen LogP) is 3.86. The molecule has 0 radical (unpaired) electrons. The van der Waals surface area contributed by atoms with Crippen LogP contribution in [0, 0.1) is 5.41 Å². The Balaban J connectivity index is 1.36. The van der Waals surface area contributed by atoms with Crippen LogP contribution in [0.2, 0.25) is 0 Å². The number of alkyl halides is 2. The lowest BCUT2D eigenvalue weighted by Gasteiger charge is -2.38. The number of amides is 2. The van der Waals surface area contributed by atoms with Crippen LogP contribution in [-0.4, -0.2) is 39.0 Å². The molecule has 2 amide bonds. The number of carbonyl (C=O) groups excluding carboxylic acids is 2. The molecule has 3 aliphatic rings. The fourth-order valence-corrected chi connectivity index (χ4v) is 4.57. The highest BCUT2D eigenvalue weighted by Crippen LogP contribution is 2.45. The maximum atomic E-state index is 13.3. The van der Waals surface area contributed by atoms with E-state index in [0.29, 0.717) is 17.7 Å². The number of rotatable bonds is 5. The number of nitrogens with zero attached hydrogens (tertiary/aromatic N) is 3. The monoisotopic (exact) mass is 430 g/mol. The molecule has 2 atom stereocenters. The zero-order chi connectivity index (χ0) is 21.8. The fraction of sp³-hybridized carbons (Fsp3) is 0.545. The summed E-state index contributed by atoms with van der Waals surface area (Å²) < 4.78 is 30.5. The summed E-state index contributed by atoms with van der Waals surface area (Å²) in [6.07, 6.45) is 2.72. The topological polar surface area (TPSA) is 88.3 Å². The minimum absolute atomic E-state index is 0.0372. The molecule has 2 saturated carbocycles. The molecule has 1 aromatic heterocycles. The molecule has 2 aliphatic carbocycles. The lowest BCUT2D eigenvalue weighted by Crippen LogP contribution is -2.54. The number of halogens is 2. The molecular formula is C22H24F2N4O3. The first-order valence-corrected chi connectivity index (χ1v) is 10.7. The first-order chi connectivity index (χ1) is 14.9. The molecule has 0 unspecified atom stereocenters. The summed E-state index contributed by atoms with van der Waals surface area (Å²) in [4.78, 5) is 27.7. The van der Waals surface area contributed by atoms with Crippen LogP contribution < -0.4 is 5.32 Å². The predicted molar refractivity (Wildman–Crippen MR) is 106 cm³/mol. The summed E-state index contributed by atoms with van der Waals surface area (Å²) in [5.74, 6) is -0.810. The second-order valence-corrected chi connectivity index (χ2v) is 9.04. The van der Waals surface area contributed by atoms with Gasteiger partial charge in [0.05, 0.1) is 6.04 Å². The lowest BCUT2D eigenvalue weighted by atomic mass is 9.88. The highest BCUT2D eigenvalue weighted by Gasteiger charge is 2.47. The Morgan fingerprint density at radius 2 is 2.03 bits per heavy atom. The molecule has 31 heavy (non-hydrogen) atoms. The largest absolute Gasteiger partial charge is 0.415 e. The molecule has 164 valence electrons. The lowest BCUT2D eigenvalue weighted by molar-refractivity contribution is -0.127. The van der Waals surface area contributed by atoms with Crippen molar-refractivity contribution in [2.45, 2.75) is 70.5 Å². The van der Waals surface area contributed by atoms with E-state index >= 15 is 0 Å². The van der Waals surface area contributed by atoms with Gasteiger partial charge in [0.25, 0.3) is 11.8 Å². The third kappa shape index (κ3) is 3.59. The van der Waals surface area contributed by atoms with Gasteiger partial charge in [-0.3, -0.25) is 9.59 Å². The van der Waals surface area contributed by atoms with E-state index in [-0.39, 0.29) is 35.2 Å². The number of nitrogens with one attached hydrogen (secondary N) is 1. The summed E-state index contributed by atoms with van der Waals surface area (Å²) >= 11 is 0. The Labute approximate surface area is 178 Å². The van der Waals surface area contributed by atoms with E-state index in [1.807, 2.05) is 11.8 Å². The molecule has 0 spiro atoms. The zero-order valence-electron chi connectivity index (χ0n) is 17.2. The van der Waals surface area contributed by atoms with Crippen LogP contribution >= 0.6 is 0 Å². The summed E-state index contributed by atoms with van der Waals surface area (Å²) in [5, 5.41) is 10.2. The van der Waals surface area contributed by atoms with Gasteiger partial charge < -0.3 is 14.6 Å². The van der Waals surface area contributed by atoms with Gasteiger partial charge in [-0.1, -0.05) is 25.8 Å². The third-order valence-corrected chi connectivity index (χ3v) is 6.81. The van der Waals surface area contributed by atoms with Gasteiger partial charge in [0, 0.05) is 29.1 Å². The molecule has 9 heteroatoms. The summed E-state index contributed by atoms with van der Waals surface area (Å²) in [6.45, 7) is 2.45.